The molecule has 1 aromatic heterocycles. The summed E-state index contributed by atoms with van der Waals surface area (Å²) in [6.45, 7) is 6.84. The van der Waals surface area contributed by atoms with Crippen LogP contribution in [0, 0.1) is 5.92 Å². The van der Waals surface area contributed by atoms with Gasteiger partial charge in [0.05, 0.1) is 0 Å². The van der Waals surface area contributed by atoms with E-state index in [-0.39, 0.29) is 0 Å². The van der Waals surface area contributed by atoms with Crippen molar-refractivity contribution >= 4 is 5.82 Å². The lowest BCUT2D eigenvalue weighted by atomic mass is 10.1. The van der Waals surface area contributed by atoms with Crippen molar-refractivity contribution in [2.24, 2.45) is 5.92 Å². The highest BCUT2D eigenvalue weighted by Crippen LogP contribution is 2.18. The van der Waals surface area contributed by atoms with Crippen molar-refractivity contribution in [1.82, 2.24) is 4.98 Å². The summed E-state index contributed by atoms with van der Waals surface area (Å²) in [5.41, 5.74) is 1.23. The zero-order chi connectivity index (χ0) is 10.7. The van der Waals surface area contributed by atoms with E-state index >= 15 is 0 Å². The number of hydrogen-bond donors (Lipinski definition) is 0. The summed E-state index contributed by atoms with van der Waals surface area (Å²) in [5.74, 6) is 1.86. The smallest absolute Gasteiger partial charge is 0.128 e. The van der Waals surface area contributed by atoms with Gasteiger partial charge in [-0.3, -0.25) is 0 Å². The Morgan fingerprint density at radius 2 is 2.00 bits per heavy atom. The molecule has 1 aliphatic heterocycles. The molecule has 2 heteroatoms. The summed E-state index contributed by atoms with van der Waals surface area (Å²) >= 11 is 0. The Hall–Kier alpha value is -1.05. The molecule has 1 aliphatic rings. The van der Waals surface area contributed by atoms with Crippen LogP contribution in [0.15, 0.2) is 18.2 Å². The van der Waals surface area contributed by atoms with Gasteiger partial charge in [-0.25, -0.2) is 4.98 Å². The Balaban J connectivity index is 2.11. The molecule has 0 N–H and O–H groups in total. The van der Waals surface area contributed by atoms with Crippen LogP contribution < -0.4 is 4.90 Å². The second-order valence-corrected chi connectivity index (χ2v) is 4.78. The minimum Gasteiger partial charge on any atom is -0.357 e. The fourth-order valence-corrected chi connectivity index (χ4v) is 2.12. The van der Waals surface area contributed by atoms with Crippen molar-refractivity contribution < 1.29 is 0 Å². The first kappa shape index (κ1) is 10.5. The summed E-state index contributed by atoms with van der Waals surface area (Å²) in [7, 11) is 0. The van der Waals surface area contributed by atoms with Crippen molar-refractivity contribution in [2.45, 2.75) is 33.1 Å². The highest BCUT2D eigenvalue weighted by atomic mass is 15.2. The third kappa shape index (κ3) is 2.71. The summed E-state index contributed by atoms with van der Waals surface area (Å²) in [6, 6.07) is 6.41. The lowest BCUT2D eigenvalue weighted by Crippen LogP contribution is -2.19. The Kier molecular flexibility index (Phi) is 3.24. The summed E-state index contributed by atoms with van der Waals surface area (Å²) < 4.78 is 0. The number of nitrogens with zero attached hydrogens (tertiary/aromatic N) is 2. The minimum absolute atomic E-state index is 0.686. The third-order valence-corrected chi connectivity index (χ3v) is 2.84. The molecule has 1 aromatic rings. The Labute approximate surface area is 92.3 Å². The van der Waals surface area contributed by atoms with Gasteiger partial charge in [-0.15, -0.1) is 0 Å². The van der Waals surface area contributed by atoms with E-state index in [2.05, 4.69) is 36.9 Å². The lowest BCUT2D eigenvalue weighted by molar-refractivity contribution is 0.635. The largest absolute Gasteiger partial charge is 0.357 e. The van der Waals surface area contributed by atoms with Crippen LogP contribution >= 0.6 is 0 Å². The van der Waals surface area contributed by atoms with Gasteiger partial charge >= 0.3 is 0 Å². The third-order valence-electron chi connectivity index (χ3n) is 2.84. The van der Waals surface area contributed by atoms with Crippen LogP contribution in [0.5, 0.6) is 0 Å². The number of hydrogen-bond acceptors (Lipinski definition) is 2. The zero-order valence-corrected chi connectivity index (χ0v) is 9.74. The van der Waals surface area contributed by atoms with Crippen LogP contribution in [0.4, 0.5) is 5.82 Å². The standard InChI is InChI=1S/C13H20N2/c1-11(2)10-12-6-5-7-13(14-12)15-8-3-4-9-15/h5-7,11H,3-4,8-10H2,1-2H3. The van der Waals surface area contributed by atoms with Gasteiger partial charge in [0.2, 0.25) is 0 Å². The highest BCUT2D eigenvalue weighted by Gasteiger charge is 2.13. The average molecular weight is 204 g/mol. The average Bonchev–Trinajstić information content (AvgIpc) is 2.69. The van der Waals surface area contributed by atoms with E-state index < -0.39 is 0 Å². The van der Waals surface area contributed by atoms with E-state index in [4.69, 9.17) is 4.98 Å². The van der Waals surface area contributed by atoms with Gasteiger partial charge in [0, 0.05) is 18.8 Å². The van der Waals surface area contributed by atoms with Crippen molar-refractivity contribution in [1.29, 1.82) is 0 Å². The Morgan fingerprint density at radius 1 is 1.27 bits per heavy atom. The highest BCUT2D eigenvalue weighted by molar-refractivity contribution is 5.40. The predicted octanol–water partition coefficient (Wildman–Crippen LogP) is 2.88. The molecule has 0 aliphatic carbocycles. The van der Waals surface area contributed by atoms with Crippen LogP contribution in [0.1, 0.15) is 32.4 Å². The van der Waals surface area contributed by atoms with Crippen LogP contribution in [0.3, 0.4) is 0 Å². The predicted molar refractivity (Wildman–Crippen MR) is 64.2 cm³/mol. The molecule has 0 spiro atoms. The van der Waals surface area contributed by atoms with Crippen molar-refractivity contribution in [3.63, 3.8) is 0 Å². The first-order valence-electron chi connectivity index (χ1n) is 5.96. The molecule has 2 heterocycles. The van der Waals surface area contributed by atoms with Gasteiger partial charge < -0.3 is 4.90 Å². The number of rotatable bonds is 3. The molecule has 0 aromatic carbocycles. The lowest BCUT2D eigenvalue weighted by Gasteiger charge is -2.17. The zero-order valence-electron chi connectivity index (χ0n) is 9.74. The quantitative estimate of drug-likeness (QED) is 0.752. The fraction of sp³-hybridized carbons (Fsp3) is 0.615. The minimum atomic E-state index is 0.686. The molecule has 0 atom stereocenters. The first-order valence-corrected chi connectivity index (χ1v) is 5.96. The van der Waals surface area contributed by atoms with E-state index in [0.717, 1.165) is 6.42 Å². The van der Waals surface area contributed by atoms with E-state index in [9.17, 15) is 0 Å². The Bertz CT molecular complexity index is 314. The summed E-state index contributed by atoms with van der Waals surface area (Å²) in [5, 5.41) is 0. The van der Waals surface area contributed by atoms with E-state index in [1.807, 2.05) is 0 Å². The van der Waals surface area contributed by atoms with Crippen molar-refractivity contribution in [2.75, 3.05) is 18.0 Å². The van der Waals surface area contributed by atoms with Crippen molar-refractivity contribution in [3.05, 3.63) is 23.9 Å². The molecule has 0 saturated carbocycles. The summed E-state index contributed by atoms with van der Waals surface area (Å²) in [4.78, 5) is 7.11. The van der Waals surface area contributed by atoms with E-state index in [1.165, 1.54) is 37.4 Å². The normalized spacial score (nSPS) is 16.3. The van der Waals surface area contributed by atoms with E-state index in [0.29, 0.717) is 5.92 Å². The van der Waals surface area contributed by atoms with Gasteiger partial charge in [-0.1, -0.05) is 19.9 Å². The molecule has 1 fully saturated rings. The first-order chi connectivity index (χ1) is 7.25. The molecule has 2 nitrogen and oxygen atoms in total. The molecular formula is C13H20N2. The van der Waals surface area contributed by atoms with Crippen LogP contribution in [0.25, 0.3) is 0 Å². The van der Waals surface area contributed by atoms with Crippen LogP contribution in [-0.4, -0.2) is 18.1 Å². The van der Waals surface area contributed by atoms with Crippen molar-refractivity contribution in [3.8, 4) is 0 Å². The Morgan fingerprint density at radius 3 is 2.67 bits per heavy atom. The van der Waals surface area contributed by atoms with Crippen LogP contribution in [-0.2, 0) is 6.42 Å². The SMILES string of the molecule is CC(C)Cc1cccc(N2CCCC2)n1. The molecular weight excluding hydrogens is 184 g/mol. The maximum Gasteiger partial charge on any atom is 0.128 e. The maximum atomic E-state index is 4.72. The number of aromatic nitrogens is 1. The molecule has 0 unspecified atom stereocenters. The van der Waals surface area contributed by atoms with Gasteiger partial charge in [0.25, 0.3) is 0 Å². The molecule has 2 rings (SSSR count). The monoisotopic (exact) mass is 204 g/mol. The number of pyridine rings is 1. The molecule has 0 bridgehead atoms. The van der Waals surface area contributed by atoms with Gasteiger partial charge in [0.1, 0.15) is 5.82 Å². The van der Waals surface area contributed by atoms with Gasteiger partial charge in [-0.05, 0) is 37.3 Å². The molecule has 0 amide bonds. The van der Waals surface area contributed by atoms with Gasteiger partial charge in [-0.2, -0.15) is 0 Å². The summed E-state index contributed by atoms with van der Waals surface area (Å²) in [6.07, 6.45) is 3.72. The number of anilines is 1. The molecule has 0 radical (unpaired) electrons. The van der Waals surface area contributed by atoms with Crippen LogP contribution in [0.2, 0.25) is 0 Å². The van der Waals surface area contributed by atoms with Gasteiger partial charge in [0.15, 0.2) is 0 Å². The van der Waals surface area contributed by atoms with E-state index in [1.54, 1.807) is 0 Å². The second kappa shape index (κ2) is 4.65. The topological polar surface area (TPSA) is 16.1 Å². The fourth-order valence-electron chi connectivity index (χ4n) is 2.12. The molecule has 1 saturated heterocycles. The molecule has 82 valence electrons. The molecule has 15 heavy (non-hydrogen) atoms. The maximum absolute atomic E-state index is 4.72. The second-order valence-electron chi connectivity index (χ2n) is 4.78.